The molecule has 1 aliphatic heterocycles. The standard InChI is InChI=1S/C26H22F7N5O4/c27-17-3-1-2-13(6-17)8-34-22-19-23(36-11-35-22)38(12-37-19)24-21(40)20(39)18(42-24)10-41-9-14-4-15(25(28,29)30)7-16(5-14)26(31,32)33/h1-7,11-12,18,20-21,24,39-40H,8-10H2,(H,34,35,36)/t18-,20-,21-,24-/m1/s1. The summed E-state index contributed by atoms with van der Waals surface area (Å²) in [7, 11) is 0. The third-order valence-electron chi connectivity index (χ3n) is 6.52. The minimum absolute atomic E-state index is 0.00962. The van der Waals surface area contributed by atoms with Gasteiger partial charge in [0.1, 0.15) is 30.5 Å². The molecule has 0 spiro atoms. The van der Waals surface area contributed by atoms with Crippen LogP contribution >= 0.6 is 0 Å². The van der Waals surface area contributed by atoms with Gasteiger partial charge in [-0.1, -0.05) is 12.1 Å². The van der Waals surface area contributed by atoms with Crippen LogP contribution in [0.5, 0.6) is 0 Å². The zero-order valence-corrected chi connectivity index (χ0v) is 21.3. The average molecular weight is 601 g/mol. The fourth-order valence-electron chi connectivity index (χ4n) is 4.49. The normalized spacial score (nSPS) is 21.3. The van der Waals surface area contributed by atoms with Crippen LogP contribution in [0.2, 0.25) is 0 Å². The highest BCUT2D eigenvalue weighted by Gasteiger charge is 2.44. The Labute approximate surface area is 232 Å². The summed E-state index contributed by atoms with van der Waals surface area (Å²) in [5.41, 5.74) is -2.22. The Balaban J connectivity index is 1.27. The van der Waals surface area contributed by atoms with Crippen LogP contribution in [-0.2, 0) is 35.0 Å². The Morgan fingerprint density at radius 3 is 2.29 bits per heavy atom. The highest BCUT2D eigenvalue weighted by atomic mass is 19.4. The summed E-state index contributed by atoms with van der Waals surface area (Å²) in [5.74, 6) is -0.105. The van der Waals surface area contributed by atoms with Gasteiger partial charge in [-0.25, -0.2) is 19.3 Å². The van der Waals surface area contributed by atoms with Crippen molar-refractivity contribution < 1.29 is 50.4 Å². The van der Waals surface area contributed by atoms with Gasteiger partial charge >= 0.3 is 12.4 Å². The van der Waals surface area contributed by atoms with E-state index in [1.165, 1.54) is 29.4 Å². The van der Waals surface area contributed by atoms with Gasteiger partial charge in [0.25, 0.3) is 0 Å². The van der Waals surface area contributed by atoms with Crippen LogP contribution < -0.4 is 5.32 Å². The number of imidazole rings is 1. The van der Waals surface area contributed by atoms with Gasteiger partial charge in [-0.05, 0) is 41.5 Å². The molecular weight excluding hydrogens is 579 g/mol. The van der Waals surface area contributed by atoms with Crippen LogP contribution in [0.4, 0.5) is 36.6 Å². The maximum absolute atomic E-state index is 13.5. The molecule has 2 aromatic heterocycles. The molecule has 3 heterocycles. The molecule has 16 heteroatoms. The minimum atomic E-state index is -5.01. The van der Waals surface area contributed by atoms with Gasteiger partial charge < -0.3 is 25.0 Å². The Morgan fingerprint density at radius 2 is 1.62 bits per heavy atom. The highest BCUT2D eigenvalue weighted by Crippen LogP contribution is 2.37. The van der Waals surface area contributed by atoms with Crippen LogP contribution in [0.25, 0.3) is 11.2 Å². The molecule has 9 nitrogen and oxygen atoms in total. The van der Waals surface area contributed by atoms with Gasteiger partial charge in [0.2, 0.25) is 0 Å². The molecule has 0 bridgehead atoms. The van der Waals surface area contributed by atoms with E-state index in [9.17, 15) is 40.9 Å². The van der Waals surface area contributed by atoms with Crippen molar-refractivity contribution in [3.05, 3.63) is 83.2 Å². The molecule has 4 atom stereocenters. The molecule has 0 unspecified atom stereocenters. The first-order valence-corrected chi connectivity index (χ1v) is 12.3. The summed E-state index contributed by atoms with van der Waals surface area (Å²) >= 11 is 0. The van der Waals surface area contributed by atoms with E-state index in [1.807, 2.05) is 0 Å². The number of hydrogen-bond donors (Lipinski definition) is 3. The lowest BCUT2D eigenvalue weighted by Gasteiger charge is -2.17. The van der Waals surface area contributed by atoms with Crippen LogP contribution in [0.15, 0.2) is 55.1 Å². The molecule has 5 rings (SSSR count). The van der Waals surface area contributed by atoms with E-state index >= 15 is 0 Å². The first-order chi connectivity index (χ1) is 19.8. The predicted molar refractivity (Wildman–Crippen MR) is 131 cm³/mol. The number of aromatic nitrogens is 4. The van der Waals surface area contributed by atoms with Gasteiger partial charge in [0.05, 0.1) is 30.7 Å². The molecule has 1 aliphatic rings. The number of nitrogens with one attached hydrogen (secondary N) is 1. The fourth-order valence-corrected chi connectivity index (χ4v) is 4.49. The average Bonchev–Trinajstić information content (AvgIpc) is 3.47. The molecule has 1 fully saturated rings. The van der Waals surface area contributed by atoms with E-state index < -0.39 is 72.6 Å². The number of aliphatic hydroxyl groups excluding tert-OH is 2. The smallest absolute Gasteiger partial charge is 0.387 e. The van der Waals surface area contributed by atoms with E-state index in [0.717, 1.165) is 0 Å². The maximum Gasteiger partial charge on any atom is 0.416 e. The largest absolute Gasteiger partial charge is 0.416 e. The SMILES string of the molecule is O[C@@H]1[C@H](O)[C@@H](COCc2cc(C(F)(F)F)cc(C(F)(F)F)c2)O[C@H]1n1cnc2c(NCc3cccc(F)c3)ncnc21. The van der Waals surface area contributed by atoms with Crippen molar-refractivity contribution in [2.45, 2.75) is 50.0 Å². The summed E-state index contributed by atoms with van der Waals surface area (Å²) < 4.78 is 105. The maximum atomic E-state index is 13.5. The lowest BCUT2D eigenvalue weighted by atomic mass is 10.1. The highest BCUT2D eigenvalue weighted by molar-refractivity contribution is 5.82. The van der Waals surface area contributed by atoms with E-state index in [4.69, 9.17) is 9.47 Å². The topological polar surface area (TPSA) is 115 Å². The number of rotatable bonds is 8. The van der Waals surface area contributed by atoms with Crippen molar-refractivity contribution in [2.24, 2.45) is 0 Å². The van der Waals surface area contributed by atoms with Gasteiger partial charge in [0.15, 0.2) is 23.2 Å². The third kappa shape index (κ3) is 6.30. The van der Waals surface area contributed by atoms with E-state index in [-0.39, 0.29) is 23.8 Å². The Morgan fingerprint density at radius 1 is 0.905 bits per heavy atom. The minimum Gasteiger partial charge on any atom is -0.387 e. The number of benzene rings is 2. The molecule has 3 N–H and O–H groups in total. The zero-order valence-electron chi connectivity index (χ0n) is 21.3. The first kappa shape index (κ1) is 29.6. The monoisotopic (exact) mass is 601 g/mol. The molecule has 0 saturated carbocycles. The molecule has 0 amide bonds. The number of ether oxygens (including phenoxy) is 2. The fraction of sp³-hybridized carbons (Fsp3) is 0.346. The molecule has 0 radical (unpaired) electrons. The van der Waals surface area contributed by atoms with Crippen molar-refractivity contribution in [3.63, 3.8) is 0 Å². The van der Waals surface area contributed by atoms with Crippen molar-refractivity contribution >= 4 is 17.0 Å². The lowest BCUT2D eigenvalue weighted by molar-refractivity contribution is -0.143. The summed E-state index contributed by atoms with van der Waals surface area (Å²) in [6.45, 7) is -0.899. The van der Waals surface area contributed by atoms with Crippen LogP contribution in [0.3, 0.4) is 0 Å². The van der Waals surface area contributed by atoms with Gasteiger partial charge in [0, 0.05) is 6.54 Å². The predicted octanol–water partition coefficient (Wildman–Crippen LogP) is 4.45. The van der Waals surface area contributed by atoms with Crippen LogP contribution in [0.1, 0.15) is 28.5 Å². The van der Waals surface area contributed by atoms with Gasteiger partial charge in [-0.15, -0.1) is 0 Å². The Hall–Kier alpha value is -3.86. The number of anilines is 1. The van der Waals surface area contributed by atoms with Crippen molar-refractivity contribution in [2.75, 3.05) is 11.9 Å². The Bertz CT molecular complexity index is 1530. The molecule has 1 saturated heterocycles. The summed E-state index contributed by atoms with van der Waals surface area (Å²) in [6, 6.07) is 7.01. The van der Waals surface area contributed by atoms with Crippen molar-refractivity contribution in [1.82, 2.24) is 19.5 Å². The number of aliphatic hydroxyl groups is 2. The second-order valence-corrected chi connectivity index (χ2v) is 9.51. The summed E-state index contributed by atoms with van der Waals surface area (Å²) in [6.07, 6.45) is -13.0. The molecular formula is C26H22F7N5O4. The second-order valence-electron chi connectivity index (χ2n) is 9.51. The zero-order chi connectivity index (χ0) is 30.2. The van der Waals surface area contributed by atoms with E-state index in [0.29, 0.717) is 23.5 Å². The van der Waals surface area contributed by atoms with Gasteiger partial charge in [-0.2, -0.15) is 26.3 Å². The molecule has 4 aromatic rings. The quantitative estimate of drug-likeness (QED) is 0.254. The number of halogens is 7. The van der Waals surface area contributed by atoms with Crippen LogP contribution in [-0.4, -0.2) is 54.7 Å². The van der Waals surface area contributed by atoms with Crippen molar-refractivity contribution in [1.29, 1.82) is 0 Å². The number of alkyl halides is 6. The number of nitrogens with zero attached hydrogens (tertiary/aromatic N) is 4. The summed E-state index contributed by atoms with van der Waals surface area (Å²) in [5, 5.41) is 24.2. The third-order valence-corrected chi connectivity index (χ3v) is 6.52. The second kappa shape index (κ2) is 11.4. The first-order valence-electron chi connectivity index (χ1n) is 12.3. The van der Waals surface area contributed by atoms with Gasteiger partial charge in [-0.3, -0.25) is 4.57 Å². The summed E-state index contributed by atoms with van der Waals surface area (Å²) in [4.78, 5) is 12.5. The van der Waals surface area contributed by atoms with E-state index in [1.54, 1.807) is 12.1 Å². The molecule has 42 heavy (non-hydrogen) atoms. The molecule has 0 aliphatic carbocycles. The van der Waals surface area contributed by atoms with Crippen LogP contribution in [0, 0.1) is 5.82 Å². The lowest BCUT2D eigenvalue weighted by Crippen LogP contribution is -2.33. The number of fused-ring (bicyclic) bond motifs is 1. The Kier molecular flexibility index (Phi) is 8.06. The number of hydrogen-bond acceptors (Lipinski definition) is 8. The van der Waals surface area contributed by atoms with Crippen molar-refractivity contribution in [3.8, 4) is 0 Å². The molecule has 224 valence electrons. The van der Waals surface area contributed by atoms with E-state index in [2.05, 4.69) is 20.3 Å². The molecule has 2 aromatic carbocycles.